The number of hydrogen-bond acceptors (Lipinski definition) is 3. The minimum Gasteiger partial charge on any atom is -0.454 e. The lowest BCUT2D eigenvalue weighted by molar-refractivity contribution is 0.102. The number of carbonyl (C=O) groups excluding carboxylic acids is 1. The number of aryl methyl sites for hydroxylation is 1. The van der Waals surface area contributed by atoms with E-state index in [0.717, 1.165) is 15.7 Å². The van der Waals surface area contributed by atoms with E-state index < -0.39 is 0 Å². The van der Waals surface area contributed by atoms with Crippen LogP contribution in [-0.2, 0) is 0 Å². The van der Waals surface area contributed by atoms with Crippen molar-refractivity contribution in [2.75, 3.05) is 12.1 Å². The number of ether oxygens (including phenoxy) is 2. The predicted molar refractivity (Wildman–Crippen MR) is 79.4 cm³/mol. The Hall–Kier alpha value is -2.01. The molecule has 0 radical (unpaired) electrons. The number of halogens is 1. The zero-order valence-corrected chi connectivity index (χ0v) is 12.4. The molecule has 4 nitrogen and oxygen atoms in total. The quantitative estimate of drug-likeness (QED) is 0.910. The molecule has 5 heteroatoms. The van der Waals surface area contributed by atoms with E-state index in [1.807, 2.05) is 25.1 Å². The van der Waals surface area contributed by atoms with E-state index in [9.17, 15) is 4.79 Å². The lowest BCUT2D eigenvalue weighted by Crippen LogP contribution is -2.11. The largest absolute Gasteiger partial charge is 0.454 e. The van der Waals surface area contributed by atoms with E-state index in [0.29, 0.717) is 17.1 Å². The van der Waals surface area contributed by atoms with Gasteiger partial charge in [-0.1, -0.05) is 22.0 Å². The Morgan fingerprint density at radius 3 is 2.75 bits per heavy atom. The van der Waals surface area contributed by atoms with Crippen LogP contribution in [0.5, 0.6) is 11.5 Å². The summed E-state index contributed by atoms with van der Waals surface area (Å²) in [4.78, 5) is 12.2. The number of benzene rings is 2. The average molecular weight is 334 g/mol. The van der Waals surface area contributed by atoms with E-state index >= 15 is 0 Å². The maximum absolute atomic E-state index is 12.2. The summed E-state index contributed by atoms with van der Waals surface area (Å²) in [6.07, 6.45) is 0. The molecule has 1 amide bonds. The van der Waals surface area contributed by atoms with Crippen LogP contribution in [-0.4, -0.2) is 12.7 Å². The zero-order chi connectivity index (χ0) is 14.1. The summed E-state index contributed by atoms with van der Waals surface area (Å²) in [6, 6.07) is 10.8. The molecule has 2 aromatic carbocycles. The van der Waals surface area contributed by atoms with E-state index in [1.54, 1.807) is 18.2 Å². The second kappa shape index (κ2) is 5.17. The number of hydrogen-bond donors (Lipinski definition) is 1. The predicted octanol–water partition coefficient (Wildman–Crippen LogP) is 3.74. The smallest absolute Gasteiger partial charge is 0.255 e. The fourth-order valence-electron chi connectivity index (χ4n) is 1.91. The Kier molecular flexibility index (Phi) is 3.36. The molecule has 0 bridgehead atoms. The molecule has 0 aliphatic carbocycles. The van der Waals surface area contributed by atoms with Crippen molar-refractivity contribution in [1.29, 1.82) is 0 Å². The second-order valence-electron chi connectivity index (χ2n) is 4.49. The molecule has 1 aliphatic rings. The standard InChI is InChI=1S/C15H12BrNO3/c1-9-2-4-11(7-12(9)16)17-15(18)10-3-5-13-14(6-10)20-8-19-13/h2-7H,8H2,1H3,(H,17,18). The van der Waals surface area contributed by atoms with Crippen molar-refractivity contribution in [3.63, 3.8) is 0 Å². The lowest BCUT2D eigenvalue weighted by Gasteiger charge is -2.07. The fourth-order valence-corrected chi connectivity index (χ4v) is 2.29. The van der Waals surface area contributed by atoms with Crippen LogP contribution in [0, 0.1) is 6.92 Å². The number of fused-ring (bicyclic) bond motifs is 1. The van der Waals surface area contributed by atoms with E-state index in [1.165, 1.54) is 0 Å². The monoisotopic (exact) mass is 333 g/mol. The highest BCUT2D eigenvalue weighted by Gasteiger charge is 2.16. The summed E-state index contributed by atoms with van der Waals surface area (Å²) in [7, 11) is 0. The molecule has 1 N–H and O–H groups in total. The van der Waals surface area contributed by atoms with Crippen molar-refractivity contribution in [1.82, 2.24) is 0 Å². The first-order chi connectivity index (χ1) is 9.63. The first-order valence-electron chi connectivity index (χ1n) is 6.10. The topological polar surface area (TPSA) is 47.6 Å². The SMILES string of the molecule is Cc1ccc(NC(=O)c2ccc3c(c2)OCO3)cc1Br. The van der Waals surface area contributed by atoms with Gasteiger partial charge in [0.25, 0.3) is 5.91 Å². The molecule has 1 heterocycles. The van der Waals surface area contributed by atoms with Gasteiger partial charge in [-0.05, 0) is 42.8 Å². The van der Waals surface area contributed by atoms with Gasteiger partial charge in [0.1, 0.15) is 0 Å². The molecule has 0 unspecified atom stereocenters. The Morgan fingerprint density at radius 1 is 1.15 bits per heavy atom. The highest BCUT2D eigenvalue weighted by atomic mass is 79.9. The van der Waals surface area contributed by atoms with Gasteiger partial charge < -0.3 is 14.8 Å². The number of nitrogens with one attached hydrogen (secondary N) is 1. The van der Waals surface area contributed by atoms with Crippen LogP contribution < -0.4 is 14.8 Å². The summed E-state index contributed by atoms with van der Waals surface area (Å²) >= 11 is 3.44. The molecule has 0 fully saturated rings. The molecule has 0 atom stereocenters. The summed E-state index contributed by atoms with van der Waals surface area (Å²) in [5.41, 5.74) is 2.39. The van der Waals surface area contributed by atoms with E-state index in [2.05, 4.69) is 21.2 Å². The Morgan fingerprint density at radius 2 is 1.95 bits per heavy atom. The van der Waals surface area contributed by atoms with Gasteiger partial charge in [-0.3, -0.25) is 4.79 Å². The molecule has 0 aromatic heterocycles. The number of amides is 1. The van der Waals surface area contributed by atoms with Crippen molar-refractivity contribution in [3.05, 3.63) is 52.0 Å². The van der Waals surface area contributed by atoms with Crippen LogP contribution in [0.2, 0.25) is 0 Å². The number of anilines is 1. The minimum absolute atomic E-state index is 0.181. The number of rotatable bonds is 2. The highest BCUT2D eigenvalue weighted by molar-refractivity contribution is 9.10. The molecule has 0 saturated heterocycles. The first-order valence-corrected chi connectivity index (χ1v) is 6.90. The normalized spacial score (nSPS) is 12.3. The number of carbonyl (C=O) groups is 1. The van der Waals surface area contributed by atoms with Crippen LogP contribution in [0.4, 0.5) is 5.69 Å². The van der Waals surface area contributed by atoms with Crippen LogP contribution in [0.3, 0.4) is 0 Å². The maximum Gasteiger partial charge on any atom is 0.255 e. The van der Waals surface area contributed by atoms with Gasteiger partial charge in [0.05, 0.1) is 0 Å². The van der Waals surface area contributed by atoms with Crippen LogP contribution >= 0.6 is 15.9 Å². The molecular formula is C15H12BrNO3. The van der Waals surface area contributed by atoms with Crippen molar-refractivity contribution in [2.24, 2.45) is 0 Å². The van der Waals surface area contributed by atoms with Crippen molar-refractivity contribution < 1.29 is 14.3 Å². The third kappa shape index (κ3) is 2.49. The molecule has 1 aliphatic heterocycles. The molecule has 102 valence electrons. The molecule has 20 heavy (non-hydrogen) atoms. The summed E-state index contributed by atoms with van der Waals surface area (Å²) in [6.45, 7) is 2.19. The second-order valence-corrected chi connectivity index (χ2v) is 5.34. The Bertz CT molecular complexity index is 685. The van der Waals surface area contributed by atoms with Gasteiger partial charge in [0.2, 0.25) is 6.79 Å². The molecular weight excluding hydrogens is 322 g/mol. The van der Waals surface area contributed by atoms with E-state index in [-0.39, 0.29) is 12.7 Å². The maximum atomic E-state index is 12.2. The van der Waals surface area contributed by atoms with Crippen molar-refractivity contribution in [2.45, 2.75) is 6.92 Å². The Labute approximate surface area is 124 Å². The zero-order valence-electron chi connectivity index (χ0n) is 10.8. The third-order valence-corrected chi connectivity index (χ3v) is 3.92. The molecule has 3 rings (SSSR count). The van der Waals surface area contributed by atoms with E-state index in [4.69, 9.17) is 9.47 Å². The Balaban J connectivity index is 1.80. The highest BCUT2D eigenvalue weighted by Crippen LogP contribution is 2.32. The summed E-state index contributed by atoms with van der Waals surface area (Å²) < 4.78 is 11.4. The van der Waals surface area contributed by atoms with Gasteiger partial charge in [-0.25, -0.2) is 0 Å². The summed E-state index contributed by atoms with van der Waals surface area (Å²) in [5.74, 6) is 1.08. The van der Waals surface area contributed by atoms with Gasteiger partial charge in [0.15, 0.2) is 11.5 Å². The van der Waals surface area contributed by atoms with Gasteiger partial charge in [0, 0.05) is 15.7 Å². The fraction of sp³-hybridized carbons (Fsp3) is 0.133. The first kappa shape index (κ1) is 13.0. The van der Waals surface area contributed by atoms with Crippen LogP contribution in [0.25, 0.3) is 0 Å². The average Bonchev–Trinajstić information content (AvgIpc) is 2.90. The summed E-state index contributed by atoms with van der Waals surface area (Å²) in [5, 5.41) is 2.85. The van der Waals surface area contributed by atoms with Crippen LogP contribution in [0.1, 0.15) is 15.9 Å². The van der Waals surface area contributed by atoms with Gasteiger partial charge in [-0.15, -0.1) is 0 Å². The van der Waals surface area contributed by atoms with Gasteiger partial charge >= 0.3 is 0 Å². The van der Waals surface area contributed by atoms with Gasteiger partial charge in [-0.2, -0.15) is 0 Å². The molecule has 0 spiro atoms. The van der Waals surface area contributed by atoms with Crippen LogP contribution in [0.15, 0.2) is 40.9 Å². The minimum atomic E-state index is -0.181. The van der Waals surface area contributed by atoms with Crippen molar-refractivity contribution >= 4 is 27.5 Å². The molecule has 2 aromatic rings. The third-order valence-electron chi connectivity index (χ3n) is 3.06. The molecule has 0 saturated carbocycles. The van der Waals surface area contributed by atoms with Crippen molar-refractivity contribution in [3.8, 4) is 11.5 Å². The lowest BCUT2D eigenvalue weighted by atomic mass is 10.1.